The first-order chi connectivity index (χ1) is 5.71. The van der Waals surface area contributed by atoms with Crippen LogP contribution in [0.2, 0.25) is 0 Å². The summed E-state index contributed by atoms with van der Waals surface area (Å²) in [4.78, 5) is 0. The quantitative estimate of drug-likeness (QED) is 0.551. The zero-order valence-corrected chi connectivity index (χ0v) is 12.5. The molecule has 0 fully saturated rings. The number of rotatable bonds is 6. The van der Waals surface area contributed by atoms with Crippen molar-refractivity contribution >= 4 is 18.4 Å². The van der Waals surface area contributed by atoms with Crippen molar-refractivity contribution in [2.75, 3.05) is 26.2 Å². The molecular formula is C8H24N2Si2. The van der Waals surface area contributed by atoms with E-state index in [1.54, 1.807) is 0 Å². The number of nitrogens with zero attached hydrogens (tertiary/aromatic N) is 2. The monoisotopic (exact) mass is 204 g/mol. The summed E-state index contributed by atoms with van der Waals surface area (Å²) in [5.41, 5.74) is 0. The van der Waals surface area contributed by atoms with Gasteiger partial charge in [0.05, 0.1) is 0 Å². The Morgan fingerprint density at radius 3 is 1.25 bits per heavy atom. The van der Waals surface area contributed by atoms with Gasteiger partial charge < -0.3 is 9.13 Å². The van der Waals surface area contributed by atoms with Crippen molar-refractivity contribution in [1.29, 1.82) is 0 Å². The van der Waals surface area contributed by atoms with Crippen molar-refractivity contribution in [1.82, 2.24) is 9.13 Å². The van der Waals surface area contributed by atoms with Gasteiger partial charge in [-0.1, -0.05) is 27.7 Å². The molecule has 0 unspecified atom stereocenters. The Kier molecular flexibility index (Phi) is 7.03. The fourth-order valence-electron chi connectivity index (χ4n) is 1.74. The smallest absolute Gasteiger partial charge is 0.164 e. The largest absolute Gasteiger partial charge is 0.317 e. The molecule has 0 radical (unpaired) electrons. The highest BCUT2D eigenvalue weighted by Crippen LogP contribution is 1.97. The standard InChI is InChI=1S/C8H24N2Si2/c1-5-9(6-2)12(11)10(7-3)8-4/h12H,5-8H2,1-4,11H3. The fourth-order valence-corrected chi connectivity index (χ4v) is 8.69. The molecule has 0 saturated heterocycles. The molecule has 0 saturated carbocycles. The van der Waals surface area contributed by atoms with Gasteiger partial charge in [-0.15, -0.1) is 0 Å². The van der Waals surface area contributed by atoms with E-state index < -0.39 is 8.64 Å². The second-order valence-corrected chi connectivity index (χ2v) is 8.90. The molecule has 0 aromatic carbocycles. The van der Waals surface area contributed by atoms with Crippen LogP contribution in [0.1, 0.15) is 27.7 Å². The Bertz CT molecular complexity index is 91.2. The third-order valence-corrected chi connectivity index (χ3v) is 10.6. The predicted octanol–water partition coefficient (Wildman–Crippen LogP) is -0.247. The first kappa shape index (κ1) is 12.4. The van der Waals surface area contributed by atoms with Crippen LogP contribution in [-0.4, -0.2) is 53.7 Å². The molecule has 0 aliphatic heterocycles. The topological polar surface area (TPSA) is 6.48 Å². The first-order valence-electron chi connectivity index (χ1n) is 5.19. The Balaban J connectivity index is 4.02. The maximum atomic E-state index is 2.68. The van der Waals surface area contributed by atoms with Crippen molar-refractivity contribution in [3.8, 4) is 0 Å². The van der Waals surface area contributed by atoms with Gasteiger partial charge in [-0.3, -0.25) is 0 Å². The molecule has 74 valence electrons. The highest BCUT2D eigenvalue weighted by atomic mass is 29.2. The minimum Gasteiger partial charge on any atom is -0.317 e. The maximum absolute atomic E-state index is 2.68. The van der Waals surface area contributed by atoms with E-state index >= 15 is 0 Å². The van der Waals surface area contributed by atoms with Crippen LogP contribution in [0.25, 0.3) is 0 Å². The second kappa shape index (κ2) is 6.83. The zero-order chi connectivity index (χ0) is 9.56. The van der Waals surface area contributed by atoms with E-state index in [1.807, 2.05) is 0 Å². The summed E-state index contributed by atoms with van der Waals surface area (Å²) in [5, 5.41) is 0. The van der Waals surface area contributed by atoms with E-state index in [0.29, 0.717) is 0 Å². The van der Waals surface area contributed by atoms with E-state index in [-0.39, 0.29) is 0 Å². The number of hydrogen-bond acceptors (Lipinski definition) is 2. The molecule has 0 aromatic heterocycles. The first-order valence-corrected chi connectivity index (χ1v) is 10.8. The predicted molar refractivity (Wildman–Crippen MR) is 62.9 cm³/mol. The van der Waals surface area contributed by atoms with Gasteiger partial charge in [0.1, 0.15) is 0 Å². The van der Waals surface area contributed by atoms with Gasteiger partial charge in [-0.2, -0.15) is 0 Å². The molecule has 0 rings (SSSR count). The summed E-state index contributed by atoms with van der Waals surface area (Å²) in [5.74, 6) is 0. The highest BCUT2D eigenvalue weighted by molar-refractivity contribution is 6.99. The van der Waals surface area contributed by atoms with Crippen LogP contribution >= 0.6 is 0 Å². The van der Waals surface area contributed by atoms with Crippen LogP contribution in [0.4, 0.5) is 0 Å². The summed E-state index contributed by atoms with van der Waals surface area (Å²) >= 11 is 0. The third-order valence-electron chi connectivity index (χ3n) is 2.68. The van der Waals surface area contributed by atoms with Crippen molar-refractivity contribution in [3.05, 3.63) is 0 Å². The minimum atomic E-state index is -0.627. The van der Waals surface area contributed by atoms with Crippen molar-refractivity contribution in [3.63, 3.8) is 0 Å². The SMILES string of the molecule is CCN(CC)[SiH]([SiH3])N(CC)CC. The molecule has 0 aliphatic carbocycles. The van der Waals surface area contributed by atoms with E-state index in [1.165, 1.54) is 35.9 Å². The Morgan fingerprint density at radius 1 is 0.833 bits per heavy atom. The summed E-state index contributed by atoms with van der Waals surface area (Å²) in [6.07, 6.45) is 0. The summed E-state index contributed by atoms with van der Waals surface area (Å²) in [6, 6.07) is 0. The van der Waals surface area contributed by atoms with Gasteiger partial charge in [0.2, 0.25) is 0 Å². The minimum absolute atomic E-state index is 0.627. The average molecular weight is 204 g/mol. The van der Waals surface area contributed by atoms with E-state index in [2.05, 4.69) is 36.8 Å². The lowest BCUT2D eigenvalue weighted by Gasteiger charge is -2.34. The van der Waals surface area contributed by atoms with Gasteiger partial charge in [0, 0.05) is 9.76 Å². The number of hydrogen-bond donors (Lipinski definition) is 0. The lowest BCUT2D eigenvalue weighted by Crippen LogP contribution is -2.53. The normalized spacial score (nSPS) is 12.2. The molecule has 0 atom stereocenters. The van der Waals surface area contributed by atoms with E-state index in [4.69, 9.17) is 0 Å². The summed E-state index contributed by atoms with van der Waals surface area (Å²) < 4.78 is 5.36. The Hall–Kier alpha value is 0.354. The molecule has 12 heavy (non-hydrogen) atoms. The molecular weight excluding hydrogens is 180 g/mol. The molecule has 4 heteroatoms. The van der Waals surface area contributed by atoms with Crippen molar-refractivity contribution < 1.29 is 0 Å². The summed E-state index contributed by atoms with van der Waals surface area (Å²) in [7, 11) is 0.758. The van der Waals surface area contributed by atoms with Crippen LogP contribution < -0.4 is 0 Å². The van der Waals surface area contributed by atoms with Crippen LogP contribution in [0.3, 0.4) is 0 Å². The third kappa shape index (κ3) is 3.39. The van der Waals surface area contributed by atoms with Gasteiger partial charge in [0.15, 0.2) is 8.64 Å². The van der Waals surface area contributed by atoms with E-state index in [0.717, 1.165) is 0 Å². The van der Waals surface area contributed by atoms with Gasteiger partial charge in [-0.25, -0.2) is 0 Å². The molecule has 2 nitrogen and oxygen atoms in total. The van der Waals surface area contributed by atoms with Crippen LogP contribution in [0.15, 0.2) is 0 Å². The highest BCUT2D eigenvalue weighted by Gasteiger charge is 2.16. The molecule has 0 amide bonds. The molecule has 0 N–H and O–H groups in total. The van der Waals surface area contributed by atoms with Crippen LogP contribution in [0, 0.1) is 0 Å². The molecule has 0 spiro atoms. The second-order valence-electron chi connectivity index (χ2n) is 3.07. The van der Waals surface area contributed by atoms with Gasteiger partial charge in [-0.05, 0) is 26.2 Å². The average Bonchev–Trinajstić information content (AvgIpc) is 2.09. The van der Waals surface area contributed by atoms with Crippen LogP contribution in [0.5, 0.6) is 0 Å². The van der Waals surface area contributed by atoms with E-state index in [9.17, 15) is 0 Å². The Labute approximate surface area is 81.9 Å². The van der Waals surface area contributed by atoms with Crippen molar-refractivity contribution in [2.45, 2.75) is 27.7 Å². The zero-order valence-electron chi connectivity index (χ0n) is 9.30. The maximum Gasteiger partial charge on any atom is 0.164 e. The molecule has 0 aliphatic rings. The molecule has 0 heterocycles. The summed E-state index contributed by atoms with van der Waals surface area (Å²) in [6.45, 7) is 14.1. The Morgan fingerprint density at radius 2 is 1.08 bits per heavy atom. The molecule has 0 bridgehead atoms. The molecule has 0 aromatic rings. The lowest BCUT2D eigenvalue weighted by atomic mass is 10.7. The van der Waals surface area contributed by atoms with Crippen molar-refractivity contribution in [2.24, 2.45) is 0 Å². The van der Waals surface area contributed by atoms with Gasteiger partial charge >= 0.3 is 0 Å². The van der Waals surface area contributed by atoms with Gasteiger partial charge in [0.25, 0.3) is 0 Å². The fraction of sp³-hybridized carbons (Fsp3) is 1.00. The van der Waals surface area contributed by atoms with Crippen LogP contribution in [-0.2, 0) is 0 Å². The lowest BCUT2D eigenvalue weighted by molar-refractivity contribution is 0.394.